The molecule has 0 radical (unpaired) electrons. The third kappa shape index (κ3) is 4.53. The number of hydrogen-bond acceptors (Lipinski definition) is 3. The first-order chi connectivity index (χ1) is 9.15. The van der Waals surface area contributed by atoms with E-state index >= 15 is 0 Å². The molecule has 0 aromatic carbocycles. The predicted octanol–water partition coefficient (Wildman–Crippen LogP) is 4.43. The van der Waals surface area contributed by atoms with E-state index in [0.29, 0.717) is 10.2 Å². The Bertz CT molecular complexity index is 474. The van der Waals surface area contributed by atoms with Crippen LogP contribution in [0.25, 0.3) is 0 Å². The van der Waals surface area contributed by atoms with Crippen LogP contribution in [0.1, 0.15) is 31.3 Å². The molecule has 0 saturated heterocycles. The number of alkyl halides is 4. The summed E-state index contributed by atoms with van der Waals surface area (Å²) in [6.45, 7) is 1.89. The Kier molecular flexibility index (Phi) is 6.15. The van der Waals surface area contributed by atoms with Crippen LogP contribution in [0.2, 0.25) is 5.15 Å². The molecule has 3 nitrogen and oxygen atoms in total. The van der Waals surface area contributed by atoms with Crippen molar-refractivity contribution < 1.29 is 22.3 Å². The molecular weight excluding hydrogens is 367 g/mol. The summed E-state index contributed by atoms with van der Waals surface area (Å²) in [5.74, 6) is -4.11. The average molecular weight is 380 g/mol. The average Bonchev–Trinajstić information content (AvgIpc) is 2.32. The highest BCUT2D eigenvalue weighted by molar-refractivity contribution is 9.10. The standard InChI is InChI=1S/C11H12BrClF4N2O/c1-5(2)8-7(12)9(13)19-6(18-8)3-20-4-11(16,17)10(14)15/h5,10H,3-4H2,1-2H3. The number of rotatable bonds is 6. The number of halogens is 6. The zero-order chi connectivity index (χ0) is 15.5. The van der Waals surface area contributed by atoms with Crippen LogP contribution in [0, 0.1) is 0 Å². The van der Waals surface area contributed by atoms with Gasteiger partial charge in [0, 0.05) is 0 Å². The molecule has 0 bridgehead atoms. The van der Waals surface area contributed by atoms with Crippen molar-refractivity contribution in [1.82, 2.24) is 9.97 Å². The Morgan fingerprint density at radius 1 is 1.30 bits per heavy atom. The molecule has 1 rings (SSSR count). The summed E-state index contributed by atoms with van der Waals surface area (Å²) in [7, 11) is 0. The van der Waals surface area contributed by atoms with Crippen molar-refractivity contribution in [2.24, 2.45) is 0 Å². The minimum absolute atomic E-state index is 0.0196. The molecule has 0 unspecified atom stereocenters. The lowest BCUT2D eigenvalue weighted by molar-refractivity contribution is -0.168. The van der Waals surface area contributed by atoms with Crippen molar-refractivity contribution in [3.63, 3.8) is 0 Å². The topological polar surface area (TPSA) is 35.0 Å². The molecule has 114 valence electrons. The van der Waals surface area contributed by atoms with Gasteiger partial charge in [-0.3, -0.25) is 0 Å². The van der Waals surface area contributed by atoms with Crippen molar-refractivity contribution in [3.8, 4) is 0 Å². The van der Waals surface area contributed by atoms with Gasteiger partial charge in [-0.1, -0.05) is 25.4 Å². The number of nitrogens with zero attached hydrogens (tertiary/aromatic N) is 2. The summed E-state index contributed by atoms with van der Waals surface area (Å²) in [5, 5.41) is 0.114. The molecule has 1 aromatic heterocycles. The summed E-state index contributed by atoms with van der Waals surface area (Å²) in [5.41, 5.74) is 0.587. The fourth-order valence-electron chi connectivity index (χ4n) is 1.27. The van der Waals surface area contributed by atoms with Crippen molar-refractivity contribution >= 4 is 27.5 Å². The number of aromatic nitrogens is 2. The van der Waals surface area contributed by atoms with Crippen LogP contribution in [0.3, 0.4) is 0 Å². The first-order valence-electron chi connectivity index (χ1n) is 5.60. The summed E-state index contributed by atoms with van der Waals surface area (Å²) in [6, 6.07) is 0. The van der Waals surface area contributed by atoms with Gasteiger partial charge in [0.05, 0.1) is 10.2 Å². The van der Waals surface area contributed by atoms with E-state index in [2.05, 4.69) is 30.6 Å². The van der Waals surface area contributed by atoms with Gasteiger partial charge in [0.2, 0.25) is 0 Å². The summed E-state index contributed by atoms with van der Waals surface area (Å²) in [4.78, 5) is 7.93. The summed E-state index contributed by atoms with van der Waals surface area (Å²) in [6.07, 6.45) is -3.77. The van der Waals surface area contributed by atoms with Crippen LogP contribution in [0.4, 0.5) is 17.6 Å². The normalized spacial score (nSPS) is 12.5. The van der Waals surface area contributed by atoms with E-state index in [0.717, 1.165) is 0 Å². The molecule has 0 atom stereocenters. The number of ether oxygens (including phenoxy) is 1. The van der Waals surface area contributed by atoms with E-state index in [-0.39, 0.29) is 16.9 Å². The van der Waals surface area contributed by atoms with Crippen molar-refractivity contribution in [2.45, 2.75) is 38.7 Å². The van der Waals surface area contributed by atoms with Crippen LogP contribution in [0.15, 0.2) is 4.47 Å². The number of hydrogen-bond donors (Lipinski definition) is 0. The highest BCUT2D eigenvalue weighted by Crippen LogP contribution is 2.29. The lowest BCUT2D eigenvalue weighted by atomic mass is 10.1. The lowest BCUT2D eigenvalue weighted by Gasteiger charge is -2.15. The molecule has 0 aliphatic rings. The predicted molar refractivity (Wildman–Crippen MR) is 69.4 cm³/mol. The van der Waals surface area contributed by atoms with Gasteiger partial charge >= 0.3 is 12.3 Å². The largest absolute Gasteiger partial charge is 0.367 e. The molecule has 9 heteroatoms. The van der Waals surface area contributed by atoms with Crippen LogP contribution in [-0.4, -0.2) is 28.9 Å². The quantitative estimate of drug-likeness (QED) is 0.542. The van der Waals surface area contributed by atoms with Gasteiger partial charge in [-0.15, -0.1) is 0 Å². The fraction of sp³-hybridized carbons (Fsp3) is 0.636. The van der Waals surface area contributed by atoms with Crippen LogP contribution >= 0.6 is 27.5 Å². The molecular formula is C11H12BrClF4N2O. The minimum Gasteiger partial charge on any atom is -0.367 e. The molecule has 0 aliphatic heterocycles. The van der Waals surface area contributed by atoms with Gasteiger partial charge < -0.3 is 4.74 Å². The van der Waals surface area contributed by atoms with E-state index in [1.807, 2.05) is 13.8 Å². The molecule has 0 saturated carbocycles. The van der Waals surface area contributed by atoms with E-state index in [9.17, 15) is 17.6 Å². The second-order valence-corrected chi connectivity index (χ2v) is 5.49. The van der Waals surface area contributed by atoms with Gasteiger partial charge in [0.1, 0.15) is 18.4 Å². The summed E-state index contributed by atoms with van der Waals surface area (Å²) < 4.78 is 54.2. The van der Waals surface area contributed by atoms with Crippen LogP contribution < -0.4 is 0 Å². The first kappa shape index (κ1) is 17.6. The molecule has 0 amide bonds. The fourth-order valence-corrected chi connectivity index (χ4v) is 2.10. The van der Waals surface area contributed by atoms with E-state index < -0.39 is 25.6 Å². The zero-order valence-electron chi connectivity index (χ0n) is 10.6. The van der Waals surface area contributed by atoms with Crippen molar-refractivity contribution in [3.05, 3.63) is 21.1 Å². The molecule has 0 aliphatic carbocycles. The molecule has 0 N–H and O–H groups in total. The zero-order valence-corrected chi connectivity index (χ0v) is 13.0. The smallest absolute Gasteiger partial charge is 0.330 e. The van der Waals surface area contributed by atoms with E-state index in [1.54, 1.807) is 0 Å². The maximum Gasteiger partial charge on any atom is 0.330 e. The second-order valence-electron chi connectivity index (χ2n) is 4.34. The maximum absolute atomic E-state index is 12.7. The monoisotopic (exact) mass is 378 g/mol. The van der Waals surface area contributed by atoms with Gasteiger partial charge in [0.15, 0.2) is 5.82 Å². The van der Waals surface area contributed by atoms with Crippen molar-refractivity contribution in [1.29, 1.82) is 0 Å². The molecule has 0 fully saturated rings. The molecule has 1 aromatic rings. The van der Waals surface area contributed by atoms with E-state index in [4.69, 9.17) is 11.6 Å². The Hall–Kier alpha value is -0.470. The third-order valence-electron chi connectivity index (χ3n) is 2.27. The van der Waals surface area contributed by atoms with Gasteiger partial charge in [-0.2, -0.15) is 8.78 Å². The maximum atomic E-state index is 12.7. The second kappa shape index (κ2) is 7.00. The van der Waals surface area contributed by atoms with Gasteiger partial charge in [-0.25, -0.2) is 18.7 Å². The Labute approximate surface area is 126 Å². The Morgan fingerprint density at radius 2 is 1.90 bits per heavy atom. The molecule has 20 heavy (non-hydrogen) atoms. The van der Waals surface area contributed by atoms with E-state index in [1.165, 1.54) is 0 Å². The highest BCUT2D eigenvalue weighted by atomic mass is 79.9. The van der Waals surface area contributed by atoms with Crippen LogP contribution in [0.5, 0.6) is 0 Å². The first-order valence-corrected chi connectivity index (χ1v) is 6.77. The molecule has 0 spiro atoms. The van der Waals surface area contributed by atoms with Gasteiger partial charge in [-0.05, 0) is 21.8 Å². The minimum atomic E-state index is -4.19. The Balaban J connectivity index is 2.75. The SMILES string of the molecule is CC(C)c1nc(COCC(F)(F)C(F)F)nc(Cl)c1Br. The third-order valence-corrected chi connectivity index (χ3v) is 3.56. The van der Waals surface area contributed by atoms with Crippen molar-refractivity contribution in [2.75, 3.05) is 6.61 Å². The summed E-state index contributed by atoms with van der Waals surface area (Å²) >= 11 is 9.08. The van der Waals surface area contributed by atoms with Gasteiger partial charge in [0.25, 0.3) is 0 Å². The highest BCUT2D eigenvalue weighted by Gasteiger charge is 2.41. The Morgan fingerprint density at radius 3 is 2.40 bits per heavy atom. The lowest BCUT2D eigenvalue weighted by Crippen LogP contribution is -2.32. The van der Waals surface area contributed by atoms with Crippen LogP contribution in [-0.2, 0) is 11.3 Å². The molecule has 1 heterocycles.